The van der Waals surface area contributed by atoms with Crippen molar-refractivity contribution in [3.05, 3.63) is 0 Å². The van der Waals surface area contributed by atoms with Crippen LogP contribution in [-0.4, -0.2) is 29.5 Å². The Labute approximate surface area is 127 Å². The third kappa shape index (κ3) is 3.70. The molecule has 0 aliphatic heterocycles. The van der Waals surface area contributed by atoms with E-state index in [1.165, 1.54) is 37.2 Å². The van der Waals surface area contributed by atoms with Crippen LogP contribution in [-0.2, 0) is 4.79 Å². The smallest absolute Gasteiger partial charge is 0.238 e. The van der Waals surface area contributed by atoms with Crippen molar-refractivity contribution in [2.45, 2.75) is 63.8 Å². The van der Waals surface area contributed by atoms with Crippen LogP contribution in [0.3, 0.4) is 0 Å². The SMILES string of the molecule is CCNC1(C(N)=O)CCCC1CCSCC1CCCC1. The largest absolute Gasteiger partial charge is 0.368 e. The maximum absolute atomic E-state index is 11.9. The number of primary amides is 1. The monoisotopic (exact) mass is 298 g/mol. The average molecular weight is 298 g/mol. The van der Waals surface area contributed by atoms with Gasteiger partial charge in [0.05, 0.1) is 0 Å². The van der Waals surface area contributed by atoms with Crippen LogP contribution < -0.4 is 11.1 Å². The van der Waals surface area contributed by atoms with Gasteiger partial charge in [-0.1, -0.05) is 26.2 Å². The third-order valence-electron chi connectivity index (χ3n) is 5.19. The fraction of sp³-hybridized carbons (Fsp3) is 0.938. The van der Waals surface area contributed by atoms with Crippen molar-refractivity contribution in [2.24, 2.45) is 17.6 Å². The molecule has 3 N–H and O–H groups in total. The fourth-order valence-corrected chi connectivity index (χ4v) is 5.37. The van der Waals surface area contributed by atoms with Gasteiger partial charge in [-0.15, -0.1) is 0 Å². The number of hydrogen-bond acceptors (Lipinski definition) is 3. The van der Waals surface area contributed by atoms with E-state index < -0.39 is 5.54 Å². The standard InChI is InChI=1S/C16H30N2OS/c1-2-18-16(15(17)19)10-5-8-14(16)9-11-20-12-13-6-3-4-7-13/h13-14,18H,2-12H2,1H3,(H2,17,19). The molecule has 0 heterocycles. The first-order chi connectivity index (χ1) is 9.69. The van der Waals surface area contributed by atoms with Crippen molar-refractivity contribution in [3.8, 4) is 0 Å². The van der Waals surface area contributed by atoms with Gasteiger partial charge in [-0.25, -0.2) is 0 Å². The molecule has 0 aromatic carbocycles. The van der Waals surface area contributed by atoms with E-state index in [0.717, 1.165) is 38.1 Å². The van der Waals surface area contributed by atoms with Crippen LogP contribution in [0, 0.1) is 11.8 Å². The van der Waals surface area contributed by atoms with Crippen molar-refractivity contribution in [1.82, 2.24) is 5.32 Å². The van der Waals surface area contributed by atoms with Gasteiger partial charge in [0.25, 0.3) is 0 Å². The maximum atomic E-state index is 11.9. The number of nitrogens with two attached hydrogens (primary N) is 1. The minimum Gasteiger partial charge on any atom is -0.368 e. The molecule has 4 heteroatoms. The lowest BCUT2D eigenvalue weighted by molar-refractivity contribution is -0.125. The highest BCUT2D eigenvalue weighted by Crippen LogP contribution is 2.39. The summed E-state index contributed by atoms with van der Waals surface area (Å²) in [7, 11) is 0. The Morgan fingerprint density at radius 3 is 2.70 bits per heavy atom. The summed E-state index contributed by atoms with van der Waals surface area (Å²) in [6, 6.07) is 0. The Bertz CT molecular complexity index is 318. The van der Waals surface area contributed by atoms with E-state index in [1.54, 1.807) is 0 Å². The Hall–Kier alpha value is -0.220. The minimum absolute atomic E-state index is 0.136. The third-order valence-corrected chi connectivity index (χ3v) is 6.42. The summed E-state index contributed by atoms with van der Waals surface area (Å²) >= 11 is 2.09. The van der Waals surface area contributed by atoms with E-state index in [9.17, 15) is 4.79 Å². The molecule has 1 amide bonds. The molecule has 20 heavy (non-hydrogen) atoms. The first kappa shape index (κ1) is 16.2. The molecule has 0 saturated heterocycles. The highest BCUT2D eigenvalue weighted by molar-refractivity contribution is 7.99. The second kappa shape index (κ2) is 7.69. The van der Waals surface area contributed by atoms with E-state index in [-0.39, 0.29) is 5.91 Å². The first-order valence-corrected chi connectivity index (χ1v) is 9.47. The fourth-order valence-electron chi connectivity index (χ4n) is 4.08. The Kier molecular flexibility index (Phi) is 6.21. The summed E-state index contributed by atoms with van der Waals surface area (Å²) in [4.78, 5) is 11.9. The summed E-state index contributed by atoms with van der Waals surface area (Å²) in [5.74, 6) is 3.76. The van der Waals surface area contributed by atoms with E-state index in [2.05, 4.69) is 24.0 Å². The molecule has 2 fully saturated rings. The zero-order valence-electron chi connectivity index (χ0n) is 12.8. The number of amides is 1. The van der Waals surface area contributed by atoms with Gasteiger partial charge in [0.2, 0.25) is 5.91 Å². The molecule has 0 aromatic heterocycles. The van der Waals surface area contributed by atoms with Gasteiger partial charge in [0.15, 0.2) is 0 Å². The van der Waals surface area contributed by atoms with Crippen LogP contribution in [0.15, 0.2) is 0 Å². The number of carbonyl (C=O) groups is 1. The Morgan fingerprint density at radius 1 is 1.30 bits per heavy atom. The number of hydrogen-bond donors (Lipinski definition) is 2. The molecule has 2 saturated carbocycles. The molecule has 3 nitrogen and oxygen atoms in total. The maximum Gasteiger partial charge on any atom is 0.238 e. The Balaban J connectivity index is 1.76. The van der Waals surface area contributed by atoms with Crippen molar-refractivity contribution >= 4 is 17.7 Å². The van der Waals surface area contributed by atoms with E-state index >= 15 is 0 Å². The predicted octanol–water partition coefficient (Wildman–Crippen LogP) is 2.93. The number of likely N-dealkylation sites (N-methyl/N-ethyl adjacent to an activating group) is 1. The molecular formula is C16H30N2OS. The van der Waals surface area contributed by atoms with Gasteiger partial charge in [0, 0.05) is 0 Å². The number of carbonyl (C=O) groups excluding carboxylic acids is 1. The van der Waals surface area contributed by atoms with Gasteiger partial charge < -0.3 is 11.1 Å². The van der Waals surface area contributed by atoms with Gasteiger partial charge in [-0.05, 0) is 62.0 Å². The van der Waals surface area contributed by atoms with Crippen LogP contribution in [0.1, 0.15) is 58.3 Å². The first-order valence-electron chi connectivity index (χ1n) is 8.31. The van der Waals surface area contributed by atoms with Gasteiger partial charge in [-0.3, -0.25) is 4.79 Å². The number of rotatable bonds is 8. The summed E-state index contributed by atoms with van der Waals surface area (Å²) < 4.78 is 0. The van der Waals surface area contributed by atoms with Crippen LogP contribution in [0.2, 0.25) is 0 Å². The molecule has 2 atom stereocenters. The summed E-state index contributed by atoms with van der Waals surface area (Å²) in [6.45, 7) is 2.89. The zero-order valence-corrected chi connectivity index (χ0v) is 13.6. The molecule has 0 spiro atoms. The molecule has 2 unspecified atom stereocenters. The summed E-state index contributed by atoms with van der Waals surface area (Å²) in [6.07, 6.45) is 10.1. The normalized spacial score (nSPS) is 30.9. The molecule has 0 aromatic rings. The van der Waals surface area contributed by atoms with E-state index in [4.69, 9.17) is 5.73 Å². The molecule has 2 rings (SSSR count). The van der Waals surface area contributed by atoms with Gasteiger partial charge in [-0.2, -0.15) is 11.8 Å². The van der Waals surface area contributed by atoms with Crippen molar-refractivity contribution in [3.63, 3.8) is 0 Å². The Morgan fingerprint density at radius 2 is 2.05 bits per heavy atom. The van der Waals surface area contributed by atoms with Gasteiger partial charge >= 0.3 is 0 Å². The van der Waals surface area contributed by atoms with Crippen LogP contribution >= 0.6 is 11.8 Å². The molecule has 116 valence electrons. The quantitative estimate of drug-likeness (QED) is 0.677. The number of nitrogens with one attached hydrogen (secondary N) is 1. The molecule has 2 aliphatic rings. The second-order valence-electron chi connectivity index (χ2n) is 6.47. The topological polar surface area (TPSA) is 55.1 Å². The number of thioether (sulfide) groups is 1. The molecule has 0 radical (unpaired) electrons. The van der Waals surface area contributed by atoms with Crippen molar-refractivity contribution in [1.29, 1.82) is 0 Å². The lowest BCUT2D eigenvalue weighted by Crippen LogP contribution is -2.57. The molecule has 2 aliphatic carbocycles. The van der Waals surface area contributed by atoms with Crippen LogP contribution in [0.4, 0.5) is 0 Å². The minimum atomic E-state index is -0.414. The molecular weight excluding hydrogens is 268 g/mol. The van der Waals surface area contributed by atoms with E-state index in [0.29, 0.717) is 5.92 Å². The second-order valence-corrected chi connectivity index (χ2v) is 7.62. The van der Waals surface area contributed by atoms with Crippen molar-refractivity contribution < 1.29 is 4.79 Å². The zero-order chi connectivity index (χ0) is 14.4. The lowest BCUT2D eigenvalue weighted by atomic mass is 9.84. The van der Waals surface area contributed by atoms with E-state index in [1.807, 2.05) is 0 Å². The lowest BCUT2D eigenvalue weighted by Gasteiger charge is -2.33. The summed E-state index contributed by atoms with van der Waals surface area (Å²) in [5, 5.41) is 3.41. The predicted molar refractivity (Wildman–Crippen MR) is 86.8 cm³/mol. The van der Waals surface area contributed by atoms with Crippen LogP contribution in [0.5, 0.6) is 0 Å². The van der Waals surface area contributed by atoms with Crippen molar-refractivity contribution in [2.75, 3.05) is 18.1 Å². The van der Waals surface area contributed by atoms with Crippen LogP contribution in [0.25, 0.3) is 0 Å². The highest BCUT2D eigenvalue weighted by Gasteiger charge is 2.46. The van der Waals surface area contributed by atoms with Gasteiger partial charge in [0.1, 0.15) is 5.54 Å². The summed E-state index contributed by atoms with van der Waals surface area (Å²) in [5.41, 5.74) is 5.29. The highest BCUT2D eigenvalue weighted by atomic mass is 32.2. The molecule has 0 bridgehead atoms. The average Bonchev–Trinajstić information content (AvgIpc) is 3.05.